The second-order valence-corrected chi connectivity index (χ2v) is 22.1. The van der Waals surface area contributed by atoms with Crippen molar-refractivity contribution >= 4 is 40.5 Å². The highest BCUT2D eigenvalue weighted by Gasteiger charge is 2.84. The van der Waals surface area contributed by atoms with Crippen LogP contribution in [0.1, 0.15) is 118 Å². The van der Waals surface area contributed by atoms with Crippen LogP contribution in [-0.4, -0.2) is 104 Å². The molecule has 3 aliphatic carbocycles. The van der Waals surface area contributed by atoms with Crippen molar-refractivity contribution < 1.29 is 57.7 Å². The maximum absolute atomic E-state index is 16.0. The van der Waals surface area contributed by atoms with Gasteiger partial charge in [0.2, 0.25) is 12.2 Å². The lowest BCUT2D eigenvalue weighted by Gasteiger charge is -2.62. The highest BCUT2D eigenvalue weighted by molar-refractivity contribution is 6.04. The summed E-state index contributed by atoms with van der Waals surface area (Å²) in [5.41, 5.74) is 2.78. The molecule has 0 radical (unpaired) electrons. The molecular formula is C55H65N3O12. The number of Topliss-reactive ketones (excluding diaryl/α,β-unsaturated/α-hetero) is 1. The van der Waals surface area contributed by atoms with E-state index in [-0.39, 0.29) is 30.5 Å². The fraction of sp³-hybridized carbons (Fsp3) is 0.545. The number of para-hydroxylation sites is 2. The molecule has 9 aliphatic rings. The number of aliphatic hydroxyl groups is 2. The normalized spacial score (nSPS) is 34.5. The van der Waals surface area contributed by atoms with Gasteiger partial charge in [-0.3, -0.25) is 4.79 Å². The minimum atomic E-state index is -1.61. The van der Waals surface area contributed by atoms with E-state index in [1.54, 1.807) is 26.8 Å². The number of ketones is 1. The molecule has 6 fully saturated rings. The van der Waals surface area contributed by atoms with Crippen LogP contribution in [0, 0.1) is 11.8 Å². The highest BCUT2D eigenvalue weighted by atomic mass is 16.8. The lowest BCUT2D eigenvalue weighted by Crippen LogP contribution is -2.75. The van der Waals surface area contributed by atoms with Crippen LogP contribution in [-0.2, 0) is 39.7 Å². The van der Waals surface area contributed by atoms with Gasteiger partial charge in [0.25, 0.3) is 0 Å². The van der Waals surface area contributed by atoms with Crippen molar-refractivity contribution in [2.45, 2.75) is 166 Å². The van der Waals surface area contributed by atoms with Crippen molar-refractivity contribution in [3.05, 3.63) is 87.6 Å². The smallest absolute Gasteiger partial charge is 0.333 e. The number of hydrogen-bond acceptors (Lipinski definition) is 14. The number of carbonyl (C=O) groups is 2. The summed E-state index contributed by atoms with van der Waals surface area (Å²) in [6.45, 7) is 19.6. The van der Waals surface area contributed by atoms with Crippen LogP contribution in [0.15, 0.2) is 70.9 Å². The van der Waals surface area contributed by atoms with Gasteiger partial charge in [-0.2, -0.15) is 0 Å². The van der Waals surface area contributed by atoms with Gasteiger partial charge in [0.05, 0.1) is 53.2 Å². The first kappa shape index (κ1) is 47.1. The molecule has 6 unspecified atom stereocenters. The number of anilines is 1. The number of esters is 1. The van der Waals surface area contributed by atoms with E-state index in [1.807, 2.05) is 64.1 Å². The molecule has 3 aromatic rings. The summed E-state index contributed by atoms with van der Waals surface area (Å²) in [6.07, 6.45) is 6.41. The number of rotatable bonds is 10. The minimum Gasteiger partial charge on any atom is -0.482 e. The molecule has 4 bridgehead atoms. The third-order valence-corrected chi connectivity index (χ3v) is 16.0. The molecule has 3 N–H and O–H groups in total. The fourth-order valence-corrected chi connectivity index (χ4v) is 12.8. The van der Waals surface area contributed by atoms with Crippen LogP contribution in [0.2, 0.25) is 0 Å². The molecule has 0 amide bonds. The van der Waals surface area contributed by atoms with Crippen LogP contribution >= 0.6 is 0 Å². The van der Waals surface area contributed by atoms with E-state index in [9.17, 15) is 15.0 Å². The Balaban J connectivity index is 1.20. The van der Waals surface area contributed by atoms with Crippen molar-refractivity contribution in [1.29, 1.82) is 0 Å². The van der Waals surface area contributed by atoms with E-state index < -0.39 is 76.8 Å². The van der Waals surface area contributed by atoms with Crippen molar-refractivity contribution in [2.24, 2.45) is 11.8 Å². The monoisotopic (exact) mass is 959 g/mol. The molecule has 1 spiro atoms. The Hall–Kier alpha value is -5.29. The van der Waals surface area contributed by atoms with Gasteiger partial charge in [0, 0.05) is 35.0 Å². The maximum atomic E-state index is 16.0. The van der Waals surface area contributed by atoms with E-state index in [0.717, 1.165) is 34.2 Å². The van der Waals surface area contributed by atoms with Gasteiger partial charge in [0.15, 0.2) is 22.8 Å². The number of aliphatic hydroxyl groups excluding tert-OH is 2. The van der Waals surface area contributed by atoms with Crippen molar-refractivity contribution in [1.82, 2.24) is 9.55 Å². The number of hydrogen-bond donors (Lipinski definition) is 3. The number of allylic oxidation sites excluding steroid dienone is 4. The zero-order valence-electron chi connectivity index (χ0n) is 41.9. The SMILES string of the molecule is COC(=O)/C(C)=C\CC12OC(C)(C)C3CC(C1=O)C1C4=C(Nc5nc6ccccc6n51)c1c(O[C@@H]5O[C@@H]6COC(C)(C)O[C@H]6[C@H](O)[C@H]5O)c5c(c(CC=C(C)C)c1OC432)OC(C)(CCC=C(C)C)C=C5. The Labute approximate surface area is 408 Å². The van der Waals surface area contributed by atoms with Gasteiger partial charge in [-0.25, -0.2) is 9.78 Å². The number of nitrogens with zero attached hydrogens (tertiary/aromatic N) is 2. The number of fused-ring (bicyclic) bond motifs is 7. The van der Waals surface area contributed by atoms with E-state index in [2.05, 4.69) is 42.8 Å². The second-order valence-electron chi connectivity index (χ2n) is 22.1. The summed E-state index contributed by atoms with van der Waals surface area (Å²) in [7, 11) is 1.34. The van der Waals surface area contributed by atoms with Gasteiger partial charge >= 0.3 is 5.97 Å². The van der Waals surface area contributed by atoms with Gasteiger partial charge in [-0.05, 0) is 119 Å². The van der Waals surface area contributed by atoms with Gasteiger partial charge < -0.3 is 58.0 Å². The van der Waals surface area contributed by atoms with E-state index in [4.69, 9.17) is 42.9 Å². The molecule has 372 valence electrons. The van der Waals surface area contributed by atoms with Crippen LogP contribution < -0.4 is 19.5 Å². The topological polar surface area (TPSA) is 178 Å². The number of methoxy groups -OCH3 is 1. The minimum absolute atomic E-state index is 0.0301. The first-order valence-electron chi connectivity index (χ1n) is 24.7. The van der Waals surface area contributed by atoms with Gasteiger partial charge in [-0.15, -0.1) is 0 Å². The maximum Gasteiger partial charge on any atom is 0.333 e. The molecule has 12 rings (SSSR count). The van der Waals surface area contributed by atoms with Crippen molar-refractivity contribution in [2.75, 3.05) is 19.0 Å². The van der Waals surface area contributed by atoms with E-state index in [0.29, 0.717) is 59.1 Å². The molecule has 6 aliphatic heterocycles. The lowest BCUT2D eigenvalue weighted by atomic mass is 9.47. The summed E-state index contributed by atoms with van der Waals surface area (Å²) in [6, 6.07) is 7.32. The average Bonchev–Trinajstić information content (AvgIpc) is 3.75. The standard InChI is InChI=1S/C55H65N3O12/c1-27(2)15-14-22-53(10)23-21-31-43(68-53)30(19-18-28(3)4)45-37(44(31)66-49-42(60)41(59)46-35(65-49)26-64-52(8,9)67-46)39-38-40(58-34-17-13-12-16-33(34)56-50(58)57-39)32-25-36-51(6,7)70-54(47(32)61,55(36,38)69-45)24-20-29(5)48(62)63-11/h12-13,15-18,20-21,23,32,35-36,40-42,46,49,59-60H,14,19,22,24-26H2,1-11H3,(H,56,57)/b29-20-/t32?,35-,36?,40?,41-,42-,46-,49+,53?,54?,55?/m1/s1. The number of nitrogens with one attached hydrogen (secondary N) is 1. The number of aromatic nitrogens is 2. The zero-order valence-corrected chi connectivity index (χ0v) is 41.9. The van der Waals surface area contributed by atoms with Crippen LogP contribution in [0.25, 0.3) is 22.8 Å². The molecule has 70 heavy (non-hydrogen) atoms. The Morgan fingerprint density at radius 2 is 1.74 bits per heavy atom. The lowest BCUT2D eigenvalue weighted by molar-refractivity contribution is -0.373. The third kappa shape index (κ3) is 6.78. The number of carbonyl (C=O) groups excluding carboxylic acids is 2. The zero-order chi connectivity index (χ0) is 49.6. The summed E-state index contributed by atoms with van der Waals surface area (Å²) in [5, 5.41) is 27.6. The van der Waals surface area contributed by atoms with E-state index >= 15 is 4.79 Å². The molecule has 2 aromatic carbocycles. The summed E-state index contributed by atoms with van der Waals surface area (Å²) < 4.78 is 55.7. The largest absolute Gasteiger partial charge is 0.482 e. The first-order valence-corrected chi connectivity index (χ1v) is 24.7. The Kier molecular flexibility index (Phi) is 10.8. The van der Waals surface area contributed by atoms with Gasteiger partial charge in [0.1, 0.15) is 47.3 Å². The summed E-state index contributed by atoms with van der Waals surface area (Å²) in [5.74, 6) is -0.829. The number of benzene rings is 2. The molecule has 7 heterocycles. The molecule has 3 saturated carbocycles. The Morgan fingerprint density at radius 1 is 0.986 bits per heavy atom. The molecular weight excluding hydrogens is 895 g/mol. The summed E-state index contributed by atoms with van der Waals surface area (Å²) in [4.78, 5) is 34.2. The average molecular weight is 960 g/mol. The number of imidazole rings is 1. The fourth-order valence-electron chi connectivity index (χ4n) is 12.8. The predicted octanol–water partition coefficient (Wildman–Crippen LogP) is 8.22. The summed E-state index contributed by atoms with van der Waals surface area (Å²) >= 11 is 0. The Bertz CT molecular complexity index is 2900. The first-order chi connectivity index (χ1) is 33.1. The Morgan fingerprint density at radius 3 is 2.49 bits per heavy atom. The van der Waals surface area contributed by atoms with Crippen molar-refractivity contribution in [3.8, 4) is 17.2 Å². The quantitative estimate of drug-likeness (QED) is 0.101. The highest BCUT2D eigenvalue weighted by Crippen LogP contribution is 2.74. The van der Waals surface area contributed by atoms with Crippen LogP contribution in [0.5, 0.6) is 17.2 Å². The van der Waals surface area contributed by atoms with Crippen LogP contribution in [0.4, 0.5) is 5.95 Å². The molecule has 1 aromatic heterocycles. The molecule has 15 nitrogen and oxygen atoms in total. The number of ether oxygens (including phenoxy) is 8. The molecule has 11 atom stereocenters. The third-order valence-electron chi connectivity index (χ3n) is 16.0. The van der Waals surface area contributed by atoms with E-state index in [1.165, 1.54) is 12.7 Å². The second kappa shape index (κ2) is 16.1. The van der Waals surface area contributed by atoms with Crippen LogP contribution in [0.3, 0.4) is 0 Å². The molecule has 3 saturated heterocycles. The molecule has 15 heteroatoms. The van der Waals surface area contributed by atoms with Crippen molar-refractivity contribution in [3.63, 3.8) is 0 Å². The van der Waals surface area contributed by atoms with Gasteiger partial charge in [-0.1, -0.05) is 41.5 Å². The predicted molar refractivity (Wildman–Crippen MR) is 260 cm³/mol.